The van der Waals surface area contributed by atoms with E-state index in [2.05, 4.69) is 20.8 Å². The zero-order valence-electron chi connectivity index (χ0n) is 11.5. The lowest BCUT2D eigenvalue weighted by molar-refractivity contribution is -0.119. The molecule has 0 spiro atoms. The standard InChI is InChI=1S/C12H14N4O4S/c1-7-8(3-5-19-7)10-15-16-12(20-10)21-6-4-9(17)14-11(18)13-2/h3,5H,4,6H2,1-2H3,(H2,13,14,17,18). The van der Waals surface area contributed by atoms with Gasteiger partial charge in [0, 0.05) is 19.2 Å². The van der Waals surface area contributed by atoms with Crippen molar-refractivity contribution in [2.45, 2.75) is 18.6 Å². The number of hydrogen-bond acceptors (Lipinski definition) is 7. The molecule has 8 nitrogen and oxygen atoms in total. The average molecular weight is 310 g/mol. The van der Waals surface area contributed by atoms with Crippen molar-refractivity contribution < 1.29 is 18.4 Å². The van der Waals surface area contributed by atoms with E-state index >= 15 is 0 Å². The molecule has 0 bridgehead atoms. The first-order valence-electron chi connectivity index (χ1n) is 6.12. The lowest BCUT2D eigenvalue weighted by Crippen LogP contribution is -2.37. The highest BCUT2D eigenvalue weighted by Crippen LogP contribution is 2.26. The fraction of sp³-hybridized carbons (Fsp3) is 0.333. The molecule has 3 amide bonds. The summed E-state index contributed by atoms with van der Waals surface area (Å²) >= 11 is 1.24. The molecule has 0 saturated carbocycles. The van der Waals surface area contributed by atoms with Gasteiger partial charge in [0.25, 0.3) is 11.1 Å². The van der Waals surface area contributed by atoms with Crippen LogP contribution in [-0.4, -0.2) is 34.9 Å². The number of amides is 3. The summed E-state index contributed by atoms with van der Waals surface area (Å²) in [7, 11) is 1.44. The quantitative estimate of drug-likeness (QED) is 0.806. The molecule has 0 aromatic carbocycles. The highest BCUT2D eigenvalue weighted by Gasteiger charge is 2.13. The Morgan fingerprint density at radius 3 is 2.86 bits per heavy atom. The van der Waals surface area contributed by atoms with Crippen LogP contribution in [0.2, 0.25) is 0 Å². The van der Waals surface area contributed by atoms with E-state index in [0.717, 1.165) is 5.56 Å². The van der Waals surface area contributed by atoms with E-state index in [1.807, 2.05) is 0 Å². The Balaban J connectivity index is 1.82. The molecule has 2 N–H and O–H groups in total. The maximum atomic E-state index is 11.4. The lowest BCUT2D eigenvalue weighted by Gasteiger charge is -2.01. The number of carbonyl (C=O) groups is 2. The first-order valence-corrected chi connectivity index (χ1v) is 7.11. The number of rotatable bonds is 5. The second-order valence-corrected chi connectivity index (χ2v) is 5.04. The summed E-state index contributed by atoms with van der Waals surface area (Å²) in [5.74, 6) is 1.13. The van der Waals surface area contributed by atoms with Gasteiger partial charge in [-0.2, -0.15) is 0 Å². The molecule has 9 heteroatoms. The molecule has 0 aliphatic heterocycles. The van der Waals surface area contributed by atoms with Gasteiger partial charge in [-0.3, -0.25) is 10.1 Å². The fourth-order valence-electron chi connectivity index (χ4n) is 1.47. The summed E-state index contributed by atoms with van der Waals surface area (Å²) in [6.07, 6.45) is 1.71. The molecule has 2 heterocycles. The molecule has 2 aromatic rings. The molecule has 2 aromatic heterocycles. The number of carbonyl (C=O) groups excluding carboxylic acids is 2. The lowest BCUT2D eigenvalue weighted by atomic mass is 10.3. The predicted octanol–water partition coefficient (Wildman–Crippen LogP) is 1.58. The van der Waals surface area contributed by atoms with Crippen LogP contribution in [0.15, 0.2) is 26.4 Å². The van der Waals surface area contributed by atoms with E-state index < -0.39 is 6.03 Å². The third-order valence-electron chi connectivity index (χ3n) is 2.53. The number of nitrogens with zero attached hydrogens (tertiary/aromatic N) is 2. The van der Waals surface area contributed by atoms with Gasteiger partial charge in [0.15, 0.2) is 0 Å². The van der Waals surface area contributed by atoms with Crippen molar-refractivity contribution in [3.8, 4) is 11.5 Å². The number of furan rings is 1. The van der Waals surface area contributed by atoms with Gasteiger partial charge in [0.1, 0.15) is 5.76 Å². The van der Waals surface area contributed by atoms with Crippen LogP contribution in [0, 0.1) is 6.92 Å². The maximum Gasteiger partial charge on any atom is 0.321 e. The average Bonchev–Trinajstić information content (AvgIpc) is 3.07. The number of nitrogens with one attached hydrogen (secondary N) is 2. The molecule has 0 aliphatic rings. The van der Waals surface area contributed by atoms with Gasteiger partial charge in [-0.1, -0.05) is 11.8 Å². The molecular weight excluding hydrogens is 296 g/mol. The first-order chi connectivity index (χ1) is 10.1. The summed E-state index contributed by atoms with van der Waals surface area (Å²) in [5.41, 5.74) is 0.742. The summed E-state index contributed by atoms with van der Waals surface area (Å²) in [5, 5.41) is 12.6. The monoisotopic (exact) mass is 310 g/mol. The predicted molar refractivity (Wildman–Crippen MR) is 74.7 cm³/mol. The first kappa shape index (κ1) is 15.1. The van der Waals surface area contributed by atoms with E-state index in [9.17, 15) is 9.59 Å². The number of aryl methyl sites for hydroxylation is 1. The number of hydrogen-bond donors (Lipinski definition) is 2. The van der Waals surface area contributed by atoms with Crippen molar-refractivity contribution in [3.63, 3.8) is 0 Å². The van der Waals surface area contributed by atoms with Crippen LogP contribution in [0.3, 0.4) is 0 Å². The van der Waals surface area contributed by atoms with Crippen molar-refractivity contribution in [2.75, 3.05) is 12.8 Å². The van der Waals surface area contributed by atoms with E-state index in [1.165, 1.54) is 18.8 Å². The van der Waals surface area contributed by atoms with Gasteiger partial charge in [-0.15, -0.1) is 10.2 Å². The summed E-state index contributed by atoms with van der Waals surface area (Å²) < 4.78 is 10.6. The zero-order valence-corrected chi connectivity index (χ0v) is 12.3. The SMILES string of the molecule is CNC(=O)NC(=O)CCSc1nnc(-c2ccoc2C)o1. The Hall–Kier alpha value is -2.29. The molecule has 0 atom stereocenters. The van der Waals surface area contributed by atoms with Crippen LogP contribution >= 0.6 is 11.8 Å². The van der Waals surface area contributed by atoms with Crippen LogP contribution in [-0.2, 0) is 4.79 Å². The highest BCUT2D eigenvalue weighted by atomic mass is 32.2. The summed E-state index contributed by atoms with van der Waals surface area (Å²) in [6.45, 7) is 1.80. The minimum atomic E-state index is -0.527. The van der Waals surface area contributed by atoms with E-state index in [1.54, 1.807) is 19.3 Å². The van der Waals surface area contributed by atoms with Crippen LogP contribution in [0.1, 0.15) is 12.2 Å². The van der Waals surface area contributed by atoms with Gasteiger partial charge in [-0.05, 0) is 13.0 Å². The van der Waals surface area contributed by atoms with E-state index in [4.69, 9.17) is 8.83 Å². The highest BCUT2D eigenvalue weighted by molar-refractivity contribution is 7.99. The smallest absolute Gasteiger partial charge is 0.321 e. The molecule has 0 saturated heterocycles. The summed E-state index contributed by atoms with van der Waals surface area (Å²) in [4.78, 5) is 22.3. The van der Waals surface area contributed by atoms with E-state index in [0.29, 0.717) is 22.6 Å². The van der Waals surface area contributed by atoms with Crippen molar-refractivity contribution >= 4 is 23.7 Å². The minimum absolute atomic E-state index is 0.167. The Morgan fingerprint density at radius 2 is 2.19 bits per heavy atom. The van der Waals surface area contributed by atoms with Crippen LogP contribution in [0.4, 0.5) is 4.79 Å². The Bertz CT molecular complexity index is 637. The molecular formula is C12H14N4O4S. The third-order valence-corrected chi connectivity index (χ3v) is 3.35. The van der Waals surface area contributed by atoms with Crippen molar-refractivity contribution in [3.05, 3.63) is 18.1 Å². The molecule has 0 unspecified atom stereocenters. The molecule has 0 fully saturated rings. The van der Waals surface area contributed by atoms with Crippen LogP contribution < -0.4 is 10.6 Å². The third kappa shape index (κ3) is 4.09. The van der Waals surface area contributed by atoms with Crippen molar-refractivity contribution in [2.24, 2.45) is 0 Å². The van der Waals surface area contributed by atoms with Crippen LogP contribution in [0.25, 0.3) is 11.5 Å². The minimum Gasteiger partial charge on any atom is -0.469 e. The zero-order chi connectivity index (χ0) is 15.2. The number of aromatic nitrogens is 2. The van der Waals surface area contributed by atoms with Gasteiger partial charge >= 0.3 is 6.03 Å². The molecule has 21 heavy (non-hydrogen) atoms. The second kappa shape index (κ2) is 6.93. The molecule has 112 valence electrons. The maximum absolute atomic E-state index is 11.4. The van der Waals surface area contributed by atoms with Crippen molar-refractivity contribution in [1.82, 2.24) is 20.8 Å². The second-order valence-electron chi connectivity index (χ2n) is 3.99. The van der Waals surface area contributed by atoms with E-state index in [-0.39, 0.29) is 12.3 Å². The summed E-state index contributed by atoms with van der Waals surface area (Å²) in [6, 6.07) is 1.22. The molecule has 0 aliphatic carbocycles. The molecule has 2 rings (SSSR count). The number of urea groups is 1. The largest absolute Gasteiger partial charge is 0.469 e. The fourth-order valence-corrected chi connectivity index (χ4v) is 2.16. The normalized spacial score (nSPS) is 10.4. The van der Waals surface area contributed by atoms with Gasteiger partial charge in [0.05, 0.1) is 11.8 Å². The van der Waals surface area contributed by atoms with Crippen LogP contribution in [0.5, 0.6) is 0 Å². The molecule has 0 radical (unpaired) electrons. The topological polar surface area (TPSA) is 110 Å². The Kier molecular flexibility index (Phi) is 4.99. The Morgan fingerprint density at radius 1 is 1.38 bits per heavy atom. The number of thioether (sulfide) groups is 1. The van der Waals surface area contributed by atoms with Gasteiger partial charge in [-0.25, -0.2) is 4.79 Å². The van der Waals surface area contributed by atoms with Gasteiger partial charge in [0.2, 0.25) is 5.91 Å². The Labute approximate surface area is 124 Å². The van der Waals surface area contributed by atoms with Gasteiger partial charge < -0.3 is 14.2 Å². The number of imide groups is 1. The van der Waals surface area contributed by atoms with Crippen molar-refractivity contribution in [1.29, 1.82) is 0 Å².